The van der Waals surface area contributed by atoms with Gasteiger partial charge < -0.3 is 17.2 Å². The molecule has 0 unspecified atom stereocenters. The van der Waals surface area contributed by atoms with Gasteiger partial charge >= 0.3 is 0 Å². The zero-order chi connectivity index (χ0) is 17.9. The van der Waals surface area contributed by atoms with Gasteiger partial charge in [-0.1, -0.05) is 11.6 Å². The summed E-state index contributed by atoms with van der Waals surface area (Å²) in [5, 5.41) is 12.7. The van der Waals surface area contributed by atoms with Crippen molar-refractivity contribution in [3.05, 3.63) is 10.8 Å². The summed E-state index contributed by atoms with van der Waals surface area (Å²) in [4.78, 5) is 23.5. The summed E-state index contributed by atoms with van der Waals surface area (Å²) in [6.07, 6.45) is 1.68. The minimum atomic E-state index is -0.658. The lowest BCUT2D eigenvalue weighted by Gasteiger charge is -2.07. The van der Waals surface area contributed by atoms with Crippen molar-refractivity contribution in [2.75, 3.05) is 38.3 Å². The van der Waals surface area contributed by atoms with Crippen molar-refractivity contribution in [1.29, 1.82) is 0 Å². The molecule has 132 valence electrons. The van der Waals surface area contributed by atoms with Crippen LogP contribution in [0.1, 0.15) is 23.3 Å². The van der Waals surface area contributed by atoms with Gasteiger partial charge in [0.15, 0.2) is 28.4 Å². The average molecular weight is 357 g/mol. The number of azo groups is 1. The monoisotopic (exact) mass is 356 g/mol. The maximum Gasteiger partial charge on any atom is 0.280 e. The number of hydrogen-bond acceptors (Lipinski definition) is 9. The molecule has 12 heteroatoms. The Hall–Kier alpha value is -2.53. The molecule has 0 bridgehead atoms. The fraction of sp³-hybridized carbons (Fsp3) is 0.500. The van der Waals surface area contributed by atoms with E-state index in [9.17, 15) is 4.79 Å². The lowest BCUT2D eigenvalue weighted by molar-refractivity contribution is 0.0972. The Kier molecular flexibility index (Phi) is 8.36. The van der Waals surface area contributed by atoms with Gasteiger partial charge in [0.1, 0.15) is 6.67 Å². The van der Waals surface area contributed by atoms with E-state index in [1.54, 1.807) is 7.05 Å². The highest BCUT2D eigenvalue weighted by molar-refractivity contribution is 6.31. The Labute approximate surface area is 144 Å². The Balaban J connectivity index is 2.40. The Morgan fingerprint density at radius 2 is 2.00 bits per heavy atom. The van der Waals surface area contributed by atoms with Crippen LogP contribution in [-0.2, 0) is 0 Å². The molecular formula is C12H21ClN10O. The number of carbonyl (C=O) groups excluding carboxylic acids is 1. The molecule has 0 aromatic carbocycles. The molecule has 1 heterocycles. The van der Waals surface area contributed by atoms with Gasteiger partial charge in [-0.25, -0.2) is 9.97 Å². The van der Waals surface area contributed by atoms with Crippen LogP contribution in [0.15, 0.2) is 15.2 Å². The molecule has 24 heavy (non-hydrogen) atoms. The molecule has 0 aliphatic heterocycles. The third-order valence-electron chi connectivity index (χ3n) is 2.73. The van der Waals surface area contributed by atoms with Crippen molar-refractivity contribution < 1.29 is 4.79 Å². The predicted octanol–water partition coefficient (Wildman–Crippen LogP) is -0.252. The van der Waals surface area contributed by atoms with Crippen molar-refractivity contribution in [2.45, 2.75) is 12.8 Å². The summed E-state index contributed by atoms with van der Waals surface area (Å²) < 4.78 is 0. The maximum atomic E-state index is 12.0. The predicted molar refractivity (Wildman–Crippen MR) is 92.7 cm³/mol. The van der Waals surface area contributed by atoms with Gasteiger partial charge in [0.2, 0.25) is 0 Å². The first-order chi connectivity index (χ1) is 11.5. The Bertz CT molecular complexity index is 618. The summed E-state index contributed by atoms with van der Waals surface area (Å²) >= 11 is 5.72. The largest absolute Gasteiger partial charge is 0.382 e. The van der Waals surface area contributed by atoms with Crippen LogP contribution >= 0.6 is 11.6 Å². The molecule has 0 saturated carbocycles. The molecule has 1 aromatic rings. The molecule has 11 nitrogen and oxygen atoms in total. The third-order valence-corrected chi connectivity index (χ3v) is 3.01. The van der Waals surface area contributed by atoms with Gasteiger partial charge in [0.05, 0.1) is 0 Å². The number of guanidine groups is 1. The molecule has 0 aliphatic rings. The van der Waals surface area contributed by atoms with Crippen LogP contribution in [0, 0.1) is 0 Å². The van der Waals surface area contributed by atoms with E-state index in [1.165, 1.54) is 0 Å². The second kappa shape index (κ2) is 10.3. The smallest absolute Gasteiger partial charge is 0.280 e. The van der Waals surface area contributed by atoms with E-state index in [0.29, 0.717) is 13.2 Å². The highest BCUT2D eigenvalue weighted by Crippen LogP contribution is 2.16. The van der Waals surface area contributed by atoms with Crippen molar-refractivity contribution >= 4 is 35.1 Å². The molecule has 1 rings (SSSR count). The SMILES string of the molecule is CN=NCNCCCCN=C(N)NC(=O)c1nc(Cl)c(N)nc1N. The number of anilines is 2. The first-order valence-corrected chi connectivity index (χ1v) is 7.49. The van der Waals surface area contributed by atoms with Crippen molar-refractivity contribution in [2.24, 2.45) is 21.0 Å². The van der Waals surface area contributed by atoms with Gasteiger partial charge in [0, 0.05) is 13.6 Å². The van der Waals surface area contributed by atoms with Crippen molar-refractivity contribution in [3.63, 3.8) is 0 Å². The van der Waals surface area contributed by atoms with Gasteiger partial charge in [0.25, 0.3) is 5.91 Å². The van der Waals surface area contributed by atoms with Crippen LogP contribution in [-0.4, -0.2) is 48.6 Å². The molecule has 0 saturated heterocycles. The van der Waals surface area contributed by atoms with E-state index >= 15 is 0 Å². The van der Waals surface area contributed by atoms with E-state index in [0.717, 1.165) is 19.4 Å². The minimum Gasteiger partial charge on any atom is -0.382 e. The number of hydrogen-bond donors (Lipinski definition) is 5. The van der Waals surface area contributed by atoms with Crippen molar-refractivity contribution in [3.8, 4) is 0 Å². The Morgan fingerprint density at radius 3 is 2.71 bits per heavy atom. The fourth-order valence-corrected chi connectivity index (χ4v) is 1.71. The molecule has 0 aliphatic carbocycles. The normalized spacial score (nSPS) is 11.8. The number of amides is 1. The molecule has 1 amide bonds. The number of nitrogens with one attached hydrogen (secondary N) is 2. The number of nitrogens with two attached hydrogens (primary N) is 3. The lowest BCUT2D eigenvalue weighted by atomic mass is 10.3. The number of rotatable bonds is 8. The van der Waals surface area contributed by atoms with Crippen molar-refractivity contribution in [1.82, 2.24) is 20.6 Å². The highest BCUT2D eigenvalue weighted by Gasteiger charge is 2.16. The van der Waals surface area contributed by atoms with Gasteiger partial charge in [-0.05, 0) is 19.4 Å². The molecule has 1 aromatic heterocycles. The summed E-state index contributed by atoms with van der Waals surface area (Å²) in [5.41, 5.74) is 16.5. The van der Waals surface area contributed by atoms with Crippen LogP contribution in [0.25, 0.3) is 0 Å². The highest BCUT2D eigenvalue weighted by atomic mass is 35.5. The molecule has 0 radical (unpaired) electrons. The summed E-state index contributed by atoms with van der Waals surface area (Å²) in [5.74, 6) is -0.893. The summed E-state index contributed by atoms with van der Waals surface area (Å²) in [6.45, 7) is 1.74. The van der Waals surface area contributed by atoms with E-state index in [1.807, 2.05) is 0 Å². The summed E-state index contributed by atoms with van der Waals surface area (Å²) in [7, 11) is 1.62. The number of aromatic nitrogens is 2. The molecule has 0 fully saturated rings. The van der Waals surface area contributed by atoms with Crippen LogP contribution < -0.4 is 27.8 Å². The molecule has 0 spiro atoms. The maximum absolute atomic E-state index is 12.0. The number of unbranched alkanes of at least 4 members (excludes halogenated alkanes) is 1. The van der Waals surface area contributed by atoms with Gasteiger partial charge in [-0.15, -0.1) is 0 Å². The average Bonchev–Trinajstić information content (AvgIpc) is 2.53. The summed E-state index contributed by atoms with van der Waals surface area (Å²) in [6, 6.07) is 0. The number of carbonyl (C=O) groups is 1. The quantitative estimate of drug-likeness (QED) is 0.184. The minimum absolute atomic E-state index is 0.0399. The second-order valence-corrected chi connectivity index (χ2v) is 4.92. The van der Waals surface area contributed by atoms with Gasteiger partial charge in [-0.3, -0.25) is 20.4 Å². The zero-order valence-corrected chi connectivity index (χ0v) is 14.0. The number of nitrogens with zero attached hydrogens (tertiary/aromatic N) is 5. The van der Waals surface area contributed by atoms with Crippen LogP contribution in [0.4, 0.5) is 11.6 Å². The fourth-order valence-electron chi connectivity index (χ4n) is 1.58. The number of halogens is 1. The van der Waals surface area contributed by atoms with E-state index in [-0.39, 0.29) is 28.4 Å². The van der Waals surface area contributed by atoms with E-state index in [4.69, 9.17) is 28.8 Å². The van der Waals surface area contributed by atoms with Crippen LogP contribution in [0.5, 0.6) is 0 Å². The number of nitrogen functional groups attached to an aromatic ring is 2. The van der Waals surface area contributed by atoms with E-state index in [2.05, 4.69) is 35.8 Å². The topological polar surface area (TPSA) is 182 Å². The molecule has 0 atom stereocenters. The lowest BCUT2D eigenvalue weighted by Crippen LogP contribution is -2.38. The Morgan fingerprint density at radius 1 is 1.25 bits per heavy atom. The number of aliphatic imine (C=N–C) groups is 1. The van der Waals surface area contributed by atoms with Crippen LogP contribution in [0.2, 0.25) is 5.15 Å². The van der Waals surface area contributed by atoms with Gasteiger partial charge in [-0.2, -0.15) is 10.2 Å². The first-order valence-electron chi connectivity index (χ1n) is 7.11. The third kappa shape index (κ3) is 6.71. The molecule has 8 N–H and O–H groups in total. The zero-order valence-electron chi connectivity index (χ0n) is 13.3. The first kappa shape index (κ1) is 19.5. The second-order valence-electron chi connectivity index (χ2n) is 4.56. The molecular weight excluding hydrogens is 336 g/mol. The van der Waals surface area contributed by atoms with E-state index < -0.39 is 5.91 Å². The van der Waals surface area contributed by atoms with Crippen LogP contribution in [0.3, 0.4) is 0 Å². The standard InChI is InChI=1S/C12H21ClN10O/c1-17-20-6-18-4-2-3-5-19-12(16)23-11(24)7-9(14)22-10(15)8(13)21-7/h18H,2-6H2,1H3,(H4,14,15,22)(H3,16,19,23,24).